The number of aromatic hydroxyl groups is 1. The molecule has 3 heterocycles. The molecule has 7 heteroatoms. The van der Waals surface area contributed by atoms with E-state index in [0.29, 0.717) is 6.54 Å². The van der Waals surface area contributed by atoms with Gasteiger partial charge in [-0.15, -0.1) is 0 Å². The van der Waals surface area contributed by atoms with Crippen LogP contribution < -0.4 is 0 Å². The van der Waals surface area contributed by atoms with Crippen molar-refractivity contribution in [3.63, 3.8) is 0 Å². The van der Waals surface area contributed by atoms with Crippen LogP contribution in [0.1, 0.15) is 45.5 Å². The number of carbonyl (C=O) groups excluding carboxylic acids is 1. The average Bonchev–Trinajstić information content (AvgIpc) is 3.38. The van der Waals surface area contributed by atoms with Crippen LogP contribution >= 0.6 is 0 Å². The number of hydrogen-bond acceptors (Lipinski definition) is 5. The van der Waals surface area contributed by atoms with Crippen molar-refractivity contribution in [1.82, 2.24) is 19.9 Å². The third kappa shape index (κ3) is 3.86. The van der Waals surface area contributed by atoms with Crippen LogP contribution in [-0.2, 0) is 4.74 Å². The highest BCUT2D eigenvalue weighted by atomic mass is 16.6. The molecule has 2 N–H and O–H groups in total. The molecule has 1 fully saturated rings. The number of hydrogen-bond donors (Lipinski definition) is 2. The molecule has 1 aliphatic rings. The van der Waals surface area contributed by atoms with E-state index < -0.39 is 5.60 Å². The van der Waals surface area contributed by atoms with Gasteiger partial charge in [-0.3, -0.25) is 9.88 Å². The highest BCUT2D eigenvalue weighted by Crippen LogP contribution is 2.33. The second kappa shape index (κ2) is 7.51. The molecule has 1 atom stereocenters. The zero-order valence-electron chi connectivity index (χ0n) is 18.4. The van der Waals surface area contributed by atoms with Gasteiger partial charge in [0.25, 0.3) is 0 Å². The minimum absolute atomic E-state index is 0.118. The summed E-state index contributed by atoms with van der Waals surface area (Å²) in [6.07, 6.45) is 3.24. The standard InChI is InChI=1S/C25H26N4O3/c1-25(2,3)32-24(31)29-10-4-5-22(29)23-27-19-9-7-16(13-21(19)28-23)20-12-15-6-8-18(30)11-17(15)14-26-20/h6-9,11-14,22,30H,4-5,10H2,1-3H3,(H,27,28)/t22-/m0/s1. The predicted octanol–water partition coefficient (Wildman–Crippen LogP) is 5.56. The van der Waals surface area contributed by atoms with Gasteiger partial charge in [-0.1, -0.05) is 12.1 Å². The maximum Gasteiger partial charge on any atom is 0.410 e. The molecule has 0 aliphatic carbocycles. The van der Waals surface area contributed by atoms with Gasteiger partial charge in [-0.2, -0.15) is 0 Å². The fourth-order valence-electron chi connectivity index (χ4n) is 4.22. The van der Waals surface area contributed by atoms with Crippen molar-refractivity contribution in [1.29, 1.82) is 0 Å². The van der Waals surface area contributed by atoms with Crippen molar-refractivity contribution >= 4 is 27.9 Å². The summed E-state index contributed by atoms with van der Waals surface area (Å²) in [5.74, 6) is 1.01. The molecule has 0 saturated carbocycles. The third-order valence-corrected chi connectivity index (χ3v) is 5.70. The van der Waals surface area contributed by atoms with E-state index in [1.807, 2.05) is 51.1 Å². The van der Waals surface area contributed by atoms with E-state index in [1.54, 1.807) is 23.2 Å². The lowest BCUT2D eigenvalue weighted by Gasteiger charge is -2.27. The van der Waals surface area contributed by atoms with E-state index in [2.05, 4.69) is 9.97 Å². The van der Waals surface area contributed by atoms with E-state index >= 15 is 0 Å². The van der Waals surface area contributed by atoms with E-state index in [4.69, 9.17) is 9.72 Å². The summed E-state index contributed by atoms with van der Waals surface area (Å²) in [5.41, 5.74) is 3.04. The SMILES string of the molecule is CC(C)(C)OC(=O)N1CCC[C@H]1c1nc2ccc(-c3cc4ccc(O)cc4cn3)cc2[nH]1. The second-order valence-corrected chi connectivity index (χ2v) is 9.29. The summed E-state index contributed by atoms with van der Waals surface area (Å²) in [7, 11) is 0. The van der Waals surface area contributed by atoms with E-state index in [9.17, 15) is 9.90 Å². The van der Waals surface area contributed by atoms with Gasteiger partial charge in [-0.05, 0) is 69.3 Å². The van der Waals surface area contributed by atoms with Gasteiger partial charge < -0.3 is 14.8 Å². The molecule has 4 aromatic rings. The summed E-state index contributed by atoms with van der Waals surface area (Å²) in [4.78, 5) is 27.2. The predicted molar refractivity (Wildman–Crippen MR) is 123 cm³/mol. The quantitative estimate of drug-likeness (QED) is 0.435. The maximum absolute atomic E-state index is 12.7. The molecule has 0 bridgehead atoms. The summed E-state index contributed by atoms with van der Waals surface area (Å²) in [6.45, 7) is 6.30. The largest absolute Gasteiger partial charge is 0.508 e. The zero-order chi connectivity index (χ0) is 22.5. The number of carbonyl (C=O) groups is 1. The molecule has 2 aromatic carbocycles. The van der Waals surface area contributed by atoms with Crippen LogP contribution in [0.15, 0.2) is 48.7 Å². The van der Waals surface area contributed by atoms with Crippen LogP contribution in [0.3, 0.4) is 0 Å². The first kappa shape index (κ1) is 20.3. The number of likely N-dealkylation sites (tertiary alicyclic amines) is 1. The normalized spacial score (nSPS) is 16.7. The van der Waals surface area contributed by atoms with Gasteiger partial charge in [0, 0.05) is 23.7 Å². The van der Waals surface area contributed by atoms with Crippen molar-refractivity contribution in [3.05, 3.63) is 54.5 Å². The van der Waals surface area contributed by atoms with Crippen molar-refractivity contribution < 1.29 is 14.6 Å². The Balaban J connectivity index is 1.45. The van der Waals surface area contributed by atoms with E-state index in [1.165, 1.54) is 0 Å². The summed E-state index contributed by atoms with van der Waals surface area (Å²) in [5, 5.41) is 11.6. The Morgan fingerprint density at radius 1 is 1.16 bits per heavy atom. The molecular formula is C25H26N4O3. The van der Waals surface area contributed by atoms with Crippen LogP contribution in [0, 0.1) is 0 Å². The van der Waals surface area contributed by atoms with Crippen molar-refractivity contribution in [2.24, 2.45) is 0 Å². The number of fused-ring (bicyclic) bond motifs is 2. The Labute approximate surface area is 186 Å². The first-order chi connectivity index (χ1) is 15.3. The molecule has 164 valence electrons. The smallest absolute Gasteiger partial charge is 0.410 e. The minimum Gasteiger partial charge on any atom is -0.508 e. The van der Waals surface area contributed by atoms with Crippen molar-refractivity contribution in [2.75, 3.05) is 6.54 Å². The summed E-state index contributed by atoms with van der Waals surface area (Å²) < 4.78 is 5.59. The number of rotatable bonds is 2. The number of nitrogens with zero attached hydrogens (tertiary/aromatic N) is 3. The summed E-state index contributed by atoms with van der Waals surface area (Å²) in [6, 6.07) is 13.2. The number of amides is 1. The van der Waals surface area contributed by atoms with E-state index in [-0.39, 0.29) is 17.9 Å². The number of phenolic OH excluding ortho intramolecular Hbond substituents is 1. The zero-order valence-corrected chi connectivity index (χ0v) is 18.4. The molecular weight excluding hydrogens is 404 g/mol. The van der Waals surface area contributed by atoms with Gasteiger partial charge in [0.05, 0.1) is 22.8 Å². The number of aromatic nitrogens is 3. The lowest BCUT2D eigenvalue weighted by molar-refractivity contribution is 0.0219. The van der Waals surface area contributed by atoms with Crippen molar-refractivity contribution in [3.8, 4) is 17.0 Å². The Bertz CT molecular complexity index is 1320. The maximum atomic E-state index is 12.7. The van der Waals surface area contributed by atoms with E-state index in [0.717, 1.165) is 51.7 Å². The number of H-pyrrole nitrogens is 1. The van der Waals surface area contributed by atoms with Crippen LogP contribution in [0.25, 0.3) is 33.1 Å². The molecule has 2 aromatic heterocycles. The molecule has 1 saturated heterocycles. The fourth-order valence-corrected chi connectivity index (χ4v) is 4.22. The number of ether oxygens (including phenoxy) is 1. The molecule has 7 nitrogen and oxygen atoms in total. The molecule has 1 aliphatic heterocycles. The molecule has 5 rings (SSSR count). The molecule has 0 unspecified atom stereocenters. The number of benzene rings is 2. The Morgan fingerprint density at radius 3 is 2.81 bits per heavy atom. The highest BCUT2D eigenvalue weighted by Gasteiger charge is 2.34. The number of aromatic amines is 1. The van der Waals surface area contributed by atoms with Gasteiger partial charge in [-0.25, -0.2) is 9.78 Å². The topological polar surface area (TPSA) is 91.3 Å². The Kier molecular flexibility index (Phi) is 4.77. The molecule has 0 spiro atoms. The first-order valence-corrected chi connectivity index (χ1v) is 10.9. The highest BCUT2D eigenvalue weighted by molar-refractivity contribution is 5.88. The van der Waals surface area contributed by atoms with Crippen LogP contribution in [0.2, 0.25) is 0 Å². The number of phenols is 1. The Hall–Kier alpha value is -3.61. The lowest BCUT2D eigenvalue weighted by Crippen LogP contribution is -2.36. The molecule has 0 radical (unpaired) electrons. The molecule has 1 amide bonds. The Morgan fingerprint density at radius 2 is 2.00 bits per heavy atom. The first-order valence-electron chi connectivity index (χ1n) is 10.9. The van der Waals surface area contributed by atoms with Gasteiger partial charge in [0.1, 0.15) is 17.2 Å². The van der Waals surface area contributed by atoms with Gasteiger partial charge in [0.15, 0.2) is 0 Å². The van der Waals surface area contributed by atoms with Crippen LogP contribution in [0.4, 0.5) is 4.79 Å². The van der Waals surface area contributed by atoms with Crippen molar-refractivity contribution in [2.45, 2.75) is 45.3 Å². The third-order valence-electron chi connectivity index (χ3n) is 5.70. The number of pyridine rings is 1. The van der Waals surface area contributed by atoms with Gasteiger partial charge in [0.2, 0.25) is 0 Å². The molecule has 32 heavy (non-hydrogen) atoms. The average molecular weight is 431 g/mol. The van der Waals surface area contributed by atoms with Crippen LogP contribution in [-0.4, -0.2) is 43.2 Å². The monoisotopic (exact) mass is 430 g/mol. The second-order valence-electron chi connectivity index (χ2n) is 9.29. The fraction of sp³-hybridized carbons (Fsp3) is 0.320. The number of nitrogens with one attached hydrogen (secondary N) is 1. The lowest BCUT2D eigenvalue weighted by atomic mass is 10.1. The number of imidazole rings is 1. The van der Waals surface area contributed by atoms with Gasteiger partial charge >= 0.3 is 6.09 Å². The summed E-state index contributed by atoms with van der Waals surface area (Å²) >= 11 is 0. The minimum atomic E-state index is -0.529. The van der Waals surface area contributed by atoms with Crippen LogP contribution in [0.5, 0.6) is 5.75 Å².